The van der Waals surface area contributed by atoms with Crippen molar-refractivity contribution < 1.29 is 35.5 Å². The van der Waals surface area contributed by atoms with Gasteiger partial charge < -0.3 is 9.15 Å². The fraction of sp³-hybridized carbons (Fsp3) is 0.286. The minimum Gasteiger partial charge on any atom is -0.416 e. The molecule has 2 heterocycles. The number of benzene rings is 1. The number of allylic oxidation sites excluding steroid dienone is 1. The number of rotatable bonds is 8. The molecule has 0 fully saturated rings. The van der Waals surface area contributed by atoms with Crippen molar-refractivity contribution in [1.82, 2.24) is 15.2 Å². The Hall–Kier alpha value is -2.63. The van der Waals surface area contributed by atoms with Gasteiger partial charge in [0, 0.05) is 0 Å². The molecule has 0 spiro atoms. The molecule has 0 aliphatic rings. The fourth-order valence-corrected chi connectivity index (χ4v) is 3.45. The predicted octanol–water partition coefficient (Wildman–Crippen LogP) is 7.40. The Labute approximate surface area is 199 Å². The standard InChI is InChI=1S/C21H15Cl2F6N3O2/c1-2-3-9-19(21(27,28)29,33-11-12-7-5-4-6-8-12)18-32-31-17(34-18)15-14(22)10-13(16(23)30-15)20(24,25)26/h2,4-8,10H,1,3,9,11H2. The minimum atomic E-state index is -5.01. The van der Waals surface area contributed by atoms with E-state index < -0.39 is 64.2 Å². The lowest BCUT2D eigenvalue weighted by Crippen LogP contribution is -2.45. The predicted molar refractivity (Wildman–Crippen MR) is 111 cm³/mol. The summed E-state index contributed by atoms with van der Waals surface area (Å²) in [5, 5.41) is 5.41. The number of halogens is 8. The van der Waals surface area contributed by atoms with Crippen molar-refractivity contribution in [2.75, 3.05) is 0 Å². The molecule has 0 saturated carbocycles. The van der Waals surface area contributed by atoms with Crippen LogP contribution >= 0.6 is 23.2 Å². The Bertz CT molecular complexity index is 1150. The van der Waals surface area contributed by atoms with Gasteiger partial charge in [0.1, 0.15) is 10.8 Å². The first-order valence-corrected chi connectivity index (χ1v) is 10.3. The highest BCUT2D eigenvalue weighted by Gasteiger charge is 2.61. The molecule has 0 radical (unpaired) electrons. The van der Waals surface area contributed by atoms with Crippen molar-refractivity contribution in [3.05, 3.63) is 76.2 Å². The summed E-state index contributed by atoms with van der Waals surface area (Å²) in [5.74, 6) is -1.63. The Kier molecular flexibility index (Phi) is 7.59. The summed E-state index contributed by atoms with van der Waals surface area (Å²) in [4.78, 5) is 3.50. The summed E-state index contributed by atoms with van der Waals surface area (Å²) in [6.07, 6.45) is -9.38. The Balaban J connectivity index is 2.06. The molecule has 0 amide bonds. The van der Waals surface area contributed by atoms with Gasteiger partial charge in [-0.1, -0.05) is 59.6 Å². The van der Waals surface area contributed by atoms with E-state index in [4.69, 9.17) is 32.4 Å². The molecule has 1 aromatic carbocycles. The zero-order valence-electron chi connectivity index (χ0n) is 17.1. The van der Waals surface area contributed by atoms with Crippen molar-refractivity contribution in [2.24, 2.45) is 0 Å². The topological polar surface area (TPSA) is 61.0 Å². The number of ether oxygens (including phenoxy) is 1. The molecular formula is C21H15Cl2F6N3O2. The van der Waals surface area contributed by atoms with Crippen LogP contribution in [-0.4, -0.2) is 21.4 Å². The van der Waals surface area contributed by atoms with E-state index in [9.17, 15) is 26.3 Å². The van der Waals surface area contributed by atoms with E-state index >= 15 is 0 Å². The minimum absolute atomic E-state index is 0.128. The molecule has 13 heteroatoms. The van der Waals surface area contributed by atoms with Crippen LogP contribution in [0.5, 0.6) is 0 Å². The first-order chi connectivity index (χ1) is 15.9. The third-order valence-electron chi connectivity index (χ3n) is 4.69. The zero-order valence-corrected chi connectivity index (χ0v) is 18.6. The van der Waals surface area contributed by atoms with Crippen LogP contribution < -0.4 is 0 Å². The molecule has 0 aliphatic carbocycles. The summed E-state index contributed by atoms with van der Waals surface area (Å²) in [6, 6.07) is 8.56. The van der Waals surface area contributed by atoms with Crippen LogP contribution in [-0.2, 0) is 23.1 Å². The fourth-order valence-electron chi connectivity index (χ4n) is 2.97. The van der Waals surface area contributed by atoms with E-state index in [0.29, 0.717) is 11.6 Å². The van der Waals surface area contributed by atoms with Crippen LogP contribution in [0.3, 0.4) is 0 Å². The molecule has 1 atom stereocenters. The molecule has 0 saturated heterocycles. The molecule has 0 N–H and O–H groups in total. The highest BCUT2D eigenvalue weighted by atomic mass is 35.5. The monoisotopic (exact) mass is 525 g/mol. The molecule has 1 unspecified atom stereocenters. The number of alkyl halides is 6. The second-order valence-corrected chi connectivity index (χ2v) is 7.76. The normalized spacial score (nSPS) is 14.1. The third kappa shape index (κ3) is 5.37. The zero-order chi connectivity index (χ0) is 25.1. The summed E-state index contributed by atoms with van der Waals surface area (Å²) in [5.41, 5.74) is -4.43. The van der Waals surface area contributed by atoms with Crippen LogP contribution in [0.25, 0.3) is 11.6 Å². The van der Waals surface area contributed by atoms with Gasteiger partial charge >= 0.3 is 12.4 Å². The van der Waals surface area contributed by atoms with E-state index in [0.717, 1.165) is 0 Å². The summed E-state index contributed by atoms with van der Waals surface area (Å²) in [6.45, 7) is 2.99. The number of hydrogen-bond acceptors (Lipinski definition) is 5. The maximum atomic E-state index is 14.4. The lowest BCUT2D eigenvalue weighted by molar-refractivity contribution is -0.299. The number of nitrogens with zero attached hydrogens (tertiary/aromatic N) is 3. The Morgan fingerprint density at radius 1 is 1.03 bits per heavy atom. The third-order valence-corrected chi connectivity index (χ3v) is 5.27. The second-order valence-electron chi connectivity index (χ2n) is 6.99. The summed E-state index contributed by atoms with van der Waals surface area (Å²) < 4.78 is 92.7. The van der Waals surface area contributed by atoms with Gasteiger partial charge in [0.2, 0.25) is 5.60 Å². The average molecular weight is 526 g/mol. The van der Waals surface area contributed by atoms with Crippen molar-refractivity contribution in [3.8, 4) is 11.6 Å². The van der Waals surface area contributed by atoms with Crippen molar-refractivity contribution in [3.63, 3.8) is 0 Å². The first-order valence-electron chi connectivity index (χ1n) is 9.52. The van der Waals surface area contributed by atoms with E-state index in [-0.39, 0.29) is 6.42 Å². The van der Waals surface area contributed by atoms with Gasteiger partial charge in [-0.05, 0) is 24.5 Å². The largest absolute Gasteiger partial charge is 0.426 e. The average Bonchev–Trinajstić information content (AvgIpc) is 3.24. The van der Waals surface area contributed by atoms with Crippen LogP contribution in [0.15, 0.2) is 53.5 Å². The first kappa shape index (κ1) is 26.0. The molecule has 34 heavy (non-hydrogen) atoms. The smallest absolute Gasteiger partial charge is 0.416 e. The highest BCUT2D eigenvalue weighted by molar-refractivity contribution is 6.34. The van der Waals surface area contributed by atoms with Gasteiger partial charge in [0.15, 0.2) is 0 Å². The quantitative estimate of drug-likeness (QED) is 0.174. The molecule has 3 rings (SSSR count). The van der Waals surface area contributed by atoms with E-state index in [1.165, 1.54) is 6.08 Å². The SMILES string of the molecule is C=CCCC(OCc1ccccc1)(c1nnc(-c2nc(Cl)c(C(F)(F)F)cc2Cl)o1)C(F)(F)F. The Morgan fingerprint density at radius 2 is 1.71 bits per heavy atom. The van der Waals surface area contributed by atoms with Crippen molar-refractivity contribution >= 4 is 23.2 Å². The van der Waals surface area contributed by atoms with E-state index in [2.05, 4.69) is 21.8 Å². The highest BCUT2D eigenvalue weighted by Crippen LogP contribution is 2.47. The van der Waals surface area contributed by atoms with Gasteiger partial charge in [-0.15, -0.1) is 16.8 Å². The second kappa shape index (κ2) is 9.93. The van der Waals surface area contributed by atoms with E-state index in [1.54, 1.807) is 30.3 Å². The molecule has 3 aromatic rings. The van der Waals surface area contributed by atoms with Crippen LogP contribution in [0.2, 0.25) is 10.2 Å². The van der Waals surface area contributed by atoms with Crippen LogP contribution in [0.4, 0.5) is 26.3 Å². The van der Waals surface area contributed by atoms with Gasteiger partial charge in [-0.25, -0.2) is 4.98 Å². The number of pyridine rings is 1. The lowest BCUT2D eigenvalue weighted by atomic mass is 9.96. The van der Waals surface area contributed by atoms with Crippen LogP contribution in [0.1, 0.15) is 29.9 Å². The summed E-state index contributed by atoms with van der Waals surface area (Å²) >= 11 is 11.5. The Morgan fingerprint density at radius 3 is 2.29 bits per heavy atom. The lowest BCUT2D eigenvalue weighted by Gasteiger charge is -2.32. The van der Waals surface area contributed by atoms with Gasteiger partial charge in [0.05, 0.1) is 17.2 Å². The van der Waals surface area contributed by atoms with Crippen molar-refractivity contribution in [1.29, 1.82) is 0 Å². The van der Waals surface area contributed by atoms with Gasteiger partial charge in [0.25, 0.3) is 11.8 Å². The molecule has 0 aliphatic heterocycles. The summed E-state index contributed by atoms with van der Waals surface area (Å²) in [7, 11) is 0. The number of aromatic nitrogens is 3. The molecular weight excluding hydrogens is 511 g/mol. The number of hydrogen-bond donors (Lipinski definition) is 0. The van der Waals surface area contributed by atoms with E-state index in [1.807, 2.05) is 0 Å². The van der Waals surface area contributed by atoms with Crippen molar-refractivity contribution in [2.45, 2.75) is 37.4 Å². The van der Waals surface area contributed by atoms with Gasteiger partial charge in [-0.2, -0.15) is 26.3 Å². The molecule has 182 valence electrons. The van der Waals surface area contributed by atoms with Crippen LogP contribution in [0, 0.1) is 0 Å². The molecule has 2 aromatic heterocycles. The maximum absolute atomic E-state index is 14.4. The molecule has 0 bridgehead atoms. The van der Waals surface area contributed by atoms with Gasteiger partial charge in [-0.3, -0.25) is 0 Å². The molecule has 5 nitrogen and oxygen atoms in total. The maximum Gasteiger partial charge on any atom is 0.426 e.